The van der Waals surface area contributed by atoms with Gasteiger partial charge in [0, 0.05) is 28.7 Å². The standard InChI is InChI=1S/C29H29N3O3S/c1-29(2,17-21-11-13-24(14-12-21)35-28-22(18-30)7-5-15-31-28)32-19-23(33)20-34-26-9-4-3-8-25(26)27-10-6-16-36-27/h3-16,23,32-33H,17,19-20H2,1-2H3. The summed E-state index contributed by atoms with van der Waals surface area (Å²) in [7, 11) is 0. The molecule has 2 aromatic heterocycles. The highest BCUT2D eigenvalue weighted by molar-refractivity contribution is 7.13. The molecule has 1 atom stereocenters. The summed E-state index contributed by atoms with van der Waals surface area (Å²) in [5, 5.41) is 25.2. The number of nitriles is 1. The molecule has 2 aromatic carbocycles. The van der Waals surface area contributed by atoms with E-state index in [1.807, 2.05) is 60.0 Å². The highest BCUT2D eigenvalue weighted by Crippen LogP contribution is 2.33. The molecule has 0 radical (unpaired) electrons. The number of pyridine rings is 1. The number of nitrogens with one attached hydrogen (secondary N) is 1. The maximum atomic E-state index is 10.6. The van der Waals surface area contributed by atoms with Crippen LogP contribution in [0.5, 0.6) is 17.4 Å². The minimum atomic E-state index is -0.649. The first-order valence-electron chi connectivity index (χ1n) is 11.7. The first-order chi connectivity index (χ1) is 17.4. The molecule has 0 fully saturated rings. The monoisotopic (exact) mass is 499 g/mol. The van der Waals surface area contributed by atoms with Gasteiger partial charge in [-0.3, -0.25) is 0 Å². The van der Waals surface area contributed by atoms with Gasteiger partial charge in [-0.05, 0) is 73.7 Å². The molecular formula is C29H29N3O3S. The number of rotatable bonds is 11. The smallest absolute Gasteiger partial charge is 0.237 e. The lowest BCUT2D eigenvalue weighted by atomic mass is 9.94. The van der Waals surface area contributed by atoms with Gasteiger partial charge in [-0.15, -0.1) is 11.3 Å². The van der Waals surface area contributed by atoms with Crippen molar-refractivity contribution in [1.82, 2.24) is 10.3 Å². The van der Waals surface area contributed by atoms with Gasteiger partial charge in [-0.1, -0.05) is 30.3 Å². The Balaban J connectivity index is 1.27. The van der Waals surface area contributed by atoms with Gasteiger partial charge in [0.15, 0.2) is 0 Å². The first-order valence-corrected chi connectivity index (χ1v) is 12.6. The summed E-state index contributed by atoms with van der Waals surface area (Å²) in [5.74, 6) is 1.69. The molecule has 0 saturated heterocycles. The van der Waals surface area contributed by atoms with E-state index in [-0.39, 0.29) is 12.1 Å². The van der Waals surface area contributed by atoms with Crippen molar-refractivity contribution in [2.75, 3.05) is 13.2 Å². The Morgan fingerprint density at radius 2 is 1.86 bits per heavy atom. The van der Waals surface area contributed by atoms with Gasteiger partial charge in [0.1, 0.15) is 35.8 Å². The predicted octanol–water partition coefficient (Wildman–Crippen LogP) is 5.82. The van der Waals surface area contributed by atoms with Crippen molar-refractivity contribution < 1.29 is 14.6 Å². The largest absolute Gasteiger partial charge is 0.490 e. The van der Waals surface area contributed by atoms with E-state index in [2.05, 4.69) is 36.3 Å². The number of thiophene rings is 1. The van der Waals surface area contributed by atoms with Crippen molar-refractivity contribution in [3.8, 4) is 33.9 Å². The first kappa shape index (κ1) is 25.4. The Hall–Kier alpha value is -3.70. The highest BCUT2D eigenvalue weighted by atomic mass is 32.1. The van der Waals surface area contributed by atoms with E-state index in [0.29, 0.717) is 23.7 Å². The minimum absolute atomic E-state index is 0.204. The molecule has 4 rings (SSSR count). The van der Waals surface area contributed by atoms with Crippen LogP contribution in [0.1, 0.15) is 25.0 Å². The van der Waals surface area contributed by atoms with Crippen LogP contribution in [0.15, 0.2) is 84.4 Å². The fourth-order valence-corrected chi connectivity index (χ4v) is 4.54. The molecule has 2 heterocycles. The van der Waals surface area contributed by atoms with Crippen LogP contribution in [0.25, 0.3) is 10.4 Å². The maximum absolute atomic E-state index is 10.6. The minimum Gasteiger partial charge on any atom is -0.490 e. The van der Waals surface area contributed by atoms with E-state index in [4.69, 9.17) is 9.47 Å². The molecule has 36 heavy (non-hydrogen) atoms. The van der Waals surface area contributed by atoms with Gasteiger partial charge in [-0.2, -0.15) is 5.26 Å². The highest BCUT2D eigenvalue weighted by Gasteiger charge is 2.20. The molecule has 0 saturated carbocycles. The molecule has 0 aliphatic carbocycles. The van der Waals surface area contributed by atoms with Gasteiger partial charge < -0.3 is 19.9 Å². The lowest BCUT2D eigenvalue weighted by Crippen LogP contribution is -2.46. The molecule has 4 aromatic rings. The quantitative estimate of drug-likeness (QED) is 0.270. The second-order valence-electron chi connectivity index (χ2n) is 9.09. The molecule has 0 aliphatic heterocycles. The van der Waals surface area contributed by atoms with Crippen LogP contribution >= 0.6 is 11.3 Å². The fourth-order valence-electron chi connectivity index (χ4n) is 3.78. The molecule has 184 valence electrons. The lowest BCUT2D eigenvalue weighted by Gasteiger charge is -2.28. The molecule has 2 N–H and O–H groups in total. The summed E-state index contributed by atoms with van der Waals surface area (Å²) in [6.45, 7) is 4.82. The number of hydrogen-bond acceptors (Lipinski definition) is 7. The summed E-state index contributed by atoms with van der Waals surface area (Å²) in [6.07, 6.45) is 1.71. The van der Waals surface area contributed by atoms with Crippen LogP contribution in [-0.2, 0) is 6.42 Å². The predicted molar refractivity (Wildman–Crippen MR) is 143 cm³/mol. The molecular weight excluding hydrogens is 470 g/mol. The maximum Gasteiger partial charge on any atom is 0.237 e. The number of ether oxygens (including phenoxy) is 2. The zero-order valence-electron chi connectivity index (χ0n) is 20.3. The van der Waals surface area contributed by atoms with Crippen LogP contribution < -0.4 is 14.8 Å². The van der Waals surface area contributed by atoms with Crippen molar-refractivity contribution in [3.05, 3.63) is 95.5 Å². The number of aliphatic hydroxyl groups is 1. The number of para-hydroxylation sites is 1. The Labute approximate surface area is 215 Å². The van der Waals surface area contributed by atoms with Crippen molar-refractivity contribution >= 4 is 11.3 Å². The average Bonchev–Trinajstić information content (AvgIpc) is 3.43. The third kappa shape index (κ3) is 6.92. The van der Waals surface area contributed by atoms with Crippen LogP contribution in [0.2, 0.25) is 0 Å². The number of benzene rings is 2. The number of nitrogens with zero attached hydrogens (tertiary/aromatic N) is 2. The Morgan fingerprint density at radius 3 is 2.61 bits per heavy atom. The lowest BCUT2D eigenvalue weighted by molar-refractivity contribution is 0.0991. The van der Waals surface area contributed by atoms with Crippen molar-refractivity contribution in [2.24, 2.45) is 0 Å². The third-order valence-corrected chi connectivity index (χ3v) is 6.50. The second kappa shape index (κ2) is 11.8. The van der Waals surface area contributed by atoms with Crippen LogP contribution in [0, 0.1) is 11.3 Å². The van der Waals surface area contributed by atoms with Gasteiger partial charge in [0.25, 0.3) is 0 Å². The van der Waals surface area contributed by atoms with Gasteiger partial charge >= 0.3 is 0 Å². The van der Waals surface area contributed by atoms with E-state index in [1.165, 1.54) is 0 Å². The van der Waals surface area contributed by atoms with Crippen LogP contribution in [0.3, 0.4) is 0 Å². The van der Waals surface area contributed by atoms with E-state index in [9.17, 15) is 10.4 Å². The summed E-state index contributed by atoms with van der Waals surface area (Å²) >= 11 is 1.66. The third-order valence-electron chi connectivity index (χ3n) is 5.60. The zero-order valence-corrected chi connectivity index (χ0v) is 21.2. The topological polar surface area (TPSA) is 87.4 Å². The van der Waals surface area contributed by atoms with Crippen molar-refractivity contribution in [2.45, 2.75) is 31.9 Å². The van der Waals surface area contributed by atoms with Crippen LogP contribution in [0.4, 0.5) is 0 Å². The van der Waals surface area contributed by atoms with Gasteiger partial charge in [0.2, 0.25) is 5.88 Å². The number of aliphatic hydroxyl groups excluding tert-OH is 1. The molecule has 7 heteroatoms. The average molecular weight is 500 g/mol. The van der Waals surface area contributed by atoms with Crippen molar-refractivity contribution in [3.63, 3.8) is 0 Å². The summed E-state index contributed by atoms with van der Waals surface area (Å²) < 4.78 is 11.7. The Kier molecular flexibility index (Phi) is 8.34. The van der Waals surface area contributed by atoms with Gasteiger partial charge in [0.05, 0.1) is 0 Å². The zero-order chi connectivity index (χ0) is 25.4. The van der Waals surface area contributed by atoms with Crippen LogP contribution in [-0.4, -0.2) is 34.9 Å². The molecule has 0 amide bonds. The molecule has 0 bridgehead atoms. The Bertz CT molecular complexity index is 1300. The normalized spacial score (nSPS) is 12.1. The molecule has 6 nitrogen and oxygen atoms in total. The number of aromatic nitrogens is 1. The van der Waals surface area contributed by atoms with Gasteiger partial charge in [-0.25, -0.2) is 4.98 Å². The van der Waals surface area contributed by atoms with E-state index < -0.39 is 6.10 Å². The molecule has 1 unspecified atom stereocenters. The SMILES string of the molecule is CC(C)(Cc1ccc(Oc2ncccc2C#N)cc1)NCC(O)COc1ccccc1-c1cccs1. The summed E-state index contributed by atoms with van der Waals surface area (Å²) in [4.78, 5) is 5.27. The summed E-state index contributed by atoms with van der Waals surface area (Å²) in [6, 6.07) is 25.2. The molecule has 0 aliphatic rings. The summed E-state index contributed by atoms with van der Waals surface area (Å²) in [5.41, 5.74) is 2.31. The van der Waals surface area contributed by atoms with E-state index in [1.54, 1.807) is 29.7 Å². The Morgan fingerprint density at radius 1 is 1.06 bits per heavy atom. The number of hydrogen-bond donors (Lipinski definition) is 2. The van der Waals surface area contributed by atoms with E-state index >= 15 is 0 Å². The molecule has 0 spiro atoms. The number of β-amino-alcohol motifs (C(OH)–C–C–N with tert-alkyl or cyclic N) is 1. The fraction of sp³-hybridized carbons (Fsp3) is 0.241. The second-order valence-corrected chi connectivity index (χ2v) is 10.0. The van der Waals surface area contributed by atoms with Crippen molar-refractivity contribution in [1.29, 1.82) is 5.26 Å². The van der Waals surface area contributed by atoms with E-state index in [0.717, 1.165) is 28.2 Å².